The number of ether oxygens (including phenoxy) is 1. The Hall–Kier alpha value is -1.43. The standard InChI is InChI=1S/C13H18N2O3/c16-12(15-6-8-18-9-7-15)10-14-13(17)11-4-2-1-3-5-11/h1-5,12,16H,6-10H2,(H,14,17). The van der Waals surface area contributed by atoms with E-state index < -0.39 is 6.23 Å². The van der Waals surface area contributed by atoms with Crippen LogP contribution in [0.2, 0.25) is 0 Å². The molecule has 1 fully saturated rings. The quantitative estimate of drug-likeness (QED) is 0.793. The Bertz CT molecular complexity index is 377. The SMILES string of the molecule is O=C(NCC(O)N1CCOCC1)c1ccccc1. The molecule has 98 valence electrons. The smallest absolute Gasteiger partial charge is 0.251 e. The van der Waals surface area contributed by atoms with E-state index in [0.29, 0.717) is 31.9 Å². The van der Waals surface area contributed by atoms with E-state index in [1.54, 1.807) is 12.1 Å². The summed E-state index contributed by atoms with van der Waals surface area (Å²) >= 11 is 0. The van der Waals surface area contributed by atoms with Crippen molar-refractivity contribution in [1.82, 2.24) is 10.2 Å². The molecule has 1 unspecified atom stereocenters. The number of aliphatic hydroxyl groups is 1. The largest absolute Gasteiger partial charge is 0.379 e. The molecule has 18 heavy (non-hydrogen) atoms. The summed E-state index contributed by atoms with van der Waals surface area (Å²) in [5.41, 5.74) is 0.603. The number of benzene rings is 1. The van der Waals surface area contributed by atoms with Crippen LogP contribution in [-0.4, -0.2) is 55.0 Å². The molecule has 1 aromatic rings. The Morgan fingerprint density at radius 2 is 2.00 bits per heavy atom. The Morgan fingerprint density at radius 1 is 1.33 bits per heavy atom. The molecule has 5 heteroatoms. The second kappa shape index (κ2) is 6.49. The highest BCUT2D eigenvalue weighted by molar-refractivity contribution is 5.94. The van der Waals surface area contributed by atoms with Gasteiger partial charge in [0.1, 0.15) is 6.23 Å². The minimum absolute atomic E-state index is 0.164. The van der Waals surface area contributed by atoms with Crippen molar-refractivity contribution in [2.75, 3.05) is 32.8 Å². The summed E-state index contributed by atoms with van der Waals surface area (Å²) in [4.78, 5) is 13.7. The first-order valence-corrected chi connectivity index (χ1v) is 6.10. The van der Waals surface area contributed by atoms with Crippen LogP contribution in [0.25, 0.3) is 0 Å². The van der Waals surface area contributed by atoms with Gasteiger partial charge in [-0.2, -0.15) is 0 Å². The highest BCUT2D eigenvalue weighted by Gasteiger charge is 2.19. The van der Waals surface area contributed by atoms with Gasteiger partial charge in [0.2, 0.25) is 0 Å². The average molecular weight is 250 g/mol. The fourth-order valence-electron chi connectivity index (χ4n) is 1.88. The van der Waals surface area contributed by atoms with Crippen molar-refractivity contribution in [2.45, 2.75) is 6.23 Å². The topological polar surface area (TPSA) is 61.8 Å². The number of hydrogen-bond donors (Lipinski definition) is 2. The van der Waals surface area contributed by atoms with E-state index in [2.05, 4.69) is 5.32 Å². The first kappa shape index (κ1) is 13.0. The van der Waals surface area contributed by atoms with Gasteiger partial charge < -0.3 is 15.2 Å². The number of carbonyl (C=O) groups is 1. The lowest BCUT2D eigenvalue weighted by Crippen LogP contribution is -2.48. The average Bonchev–Trinajstić information content (AvgIpc) is 2.46. The highest BCUT2D eigenvalue weighted by Crippen LogP contribution is 2.02. The van der Waals surface area contributed by atoms with Crippen LogP contribution >= 0.6 is 0 Å². The lowest BCUT2D eigenvalue weighted by molar-refractivity contribution is -0.0560. The van der Waals surface area contributed by atoms with E-state index in [1.165, 1.54) is 0 Å². The molecule has 2 N–H and O–H groups in total. The maximum atomic E-state index is 11.8. The fraction of sp³-hybridized carbons (Fsp3) is 0.462. The molecule has 1 heterocycles. The molecule has 0 bridgehead atoms. The second-order valence-corrected chi connectivity index (χ2v) is 4.21. The number of nitrogens with one attached hydrogen (secondary N) is 1. The summed E-state index contributed by atoms with van der Waals surface area (Å²) in [6, 6.07) is 8.98. The molecular weight excluding hydrogens is 232 g/mol. The summed E-state index contributed by atoms with van der Waals surface area (Å²) in [5, 5.41) is 12.6. The van der Waals surface area contributed by atoms with Crippen molar-refractivity contribution >= 4 is 5.91 Å². The van der Waals surface area contributed by atoms with Crippen molar-refractivity contribution in [2.24, 2.45) is 0 Å². The van der Waals surface area contributed by atoms with Gasteiger partial charge in [-0.1, -0.05) is 18.2 Å². The number of aliphatic hydroxyl groups excluding tert-OH is 1. The van der Waals surface area contributed by atoms with Crippen LogP contribution in [0.1, 0.15) is 10.4 Å². The monoisotopic (exact) mass is 250 g/mol. The molecule has 2 rings (SSSR count). The van der Waals surface area contributed by atoms with Crippen LogP contribution in [-0.2, 0) is 4.74 Å². The van der Waals surface area contributed by atoms with E-state index in [-0.39, 0.29) is 12.5 Å². The third-order valence-corrected chi connectivity index (χ3v) is 2.95. The zero-order valence-corrected chi connectivity index (χ0v) is 10.2. The predicted octanol–water partition coefficient (Wildman–Crippen LogP) is 0.0670. The van der Waals surface area contributed by atoms with Crippen LogP contribution in [0.3, 0.4) is 0 Å². The first-order chi connectivity index (χ1) is 8.77. The molecule has 0 aromatic heterocycles. The summed E-state index contributed by atoms with van der Waals surface area (Å²) in [6.45, 7) is 2.88. The molecule has 5 nitrogen and oxygen atoms in total. The van der Waals surface area contributed by atoms with E-state index >= 15 is 0 Å². The van der Waals surface area contributed by atoms with Crippen molar-refractivity contribution in [3.05, 3.63) is 35.9 Å². The van der Waals surface area contributed by atoms with Crippen LogP contribution in [0.15, 0.2) is 30.3 Å². The molecule has 1 aliphatic heterocycles. The van der Waals surface area contributed by atoms with Crippen LogP contribution in [0, 0.1) is 0 Å². The predicted molar refractivity (Wildman–Crippen MR) is 67.2 cm³/mol. The molecule has 0 saturated carbocycles. The third-order valence-electron chi connectivity index (χ3n) is 2.95. The van der Waals surface area contributed by atoms with Crippen molar-refractivity contribution in [3.8, 4) is 0 Å². The van der Waals surface area contributed by atoms with E-state index in [9.17, 15) is 9.90 Å². The molecule has 1 saturated heterocycles. The minimum atomic E-state index is -0.651. The van der Waals surface area contributed by atoms with E-state index in [1.807, 2.05) is 23.1 Å². The van der Waals surface area contributed by atoms with Gasteiger partial charge in [0, 0.05) is 18.7 Å². The number of carbonyl (C=O) groups excluding carboxylic acids is 1. The highest BCUT2D eigenvalue weighted by atomic mass is 16.5. The van der Waals surface area contributed by atoms with Crippen LogP contribution in [0.4, 0.5) is 0 Å². The second-order valence-electron chi connectivity index (χ2n) is 4.21. The summed E-state index contributed by atoms with van der Waals surface area (Å²) in [7, 11) is 0. The van der Waals surface area contributed by atoms with Gasteiger partial charge >= 0.3 is 0 Å². The summed E-state index contributed by atoms with van der Waals surface area (Å²) < 4.78 is 5.20. The van der Waals surface area contributed by atoms with Gasteiger partial charge in [-0.3, -0.25) is 9.69 Å². The molecule has 0 aliphatic carbocycles. The molecule has 1 atom stereocenters. The van der Waals surface area contributed by atoms with Crippen molar-refractivity contribution < 1.29 is 14.6 Å². The zero-order valence-electron chi connectivity index (χ0n) is 10.2. The molecule has 0 spiro atoms. The summed E-state index contributed by atoms with van der Waals surface area (Å²) in [6.07, 6.45) is -0.651. The van der Waals surface area contributed by atoms with Gasteiger partial charge in [-0.05, 0) is 12.1 Å². The number of nitrogens with zero attached hydrogens (tertiary/aromatic N) is 1. The van der Waals surface area contributed by atoms with Crippen molar-refractivity contribution in [3.63, 3.8) is 0 Å². The van der Waals surface area contributed by atoms with E-state index in [4.69, 9.17) is 4.74 Å². The number of hydrogen-bond acceptors (Lipinski definition) is 4. The Morgan fingerprint density at radius 3 is 2.67 bits per heavy atom. The number of rotatable bonds is 4. The fourth-order valence-corrected chi connectivity index (χ4v) is 1.88. The maximum absolute atomic E-state index is 11.8. The molecule has 1 aliphatic rings. The number of morpholine rings is 1. The zero-order chi connectivity index (χ0) is 12.8. The molecular formula is C13H18N2O3. The third kappa shape index (κ3) is 3.53. The van der Waals surface area contributed by atoms with Gasteiger partial charge in [0.25, 0.3) is 5.91 Å². The van der Waals surface area contributed by atoms with Gasteiger partial charge in [-0.15, -0.1) is 0 Å². The molecule has 0 radical (unpaired) electrons. The Labute approximate surface area is 106 Å². The Kier molecular flexibility index (Phi) is 4.69. The first-order valence-electron chi connectivity index (χ1n) is 6.10. The van der Waals surface area contributed by atoms with E-state index in [0.717, 1.165) is 0 Å². The summed E-state index contributed by atoms with van der Waals surface area (Å²) in [5.74, 6) is -0.164. The molecule has 1 amide bonds. The lowest BCUT2D eigenvalue weighted by Gasteiger charge is -2.31. The Balaban J connectivity index is 1.78. The van der Waals surface area contributed by atoms with Gasteiger partial charge in [0.05, 0.1) is 19.8 Å². The molecule has 1 aromatic carbocycles. The maximum Gasteiger partial charge on any atom is 0.251 e. The van der Waals surface area contributed by atoms with Gasteiger partial charge in [0.15, 0.2) is 0 Å². The van der Waals surface area contributed by atoms with Crippen LogP contribution < -0.4 is 5.32 Å². The minimum Gasteiger partial charge on any atom is -0.379 e. The lowest BCUT2D eigenvalue weighted by atomic mass is 10.2. The number of amides is 1. The normalized spacial score (nSPS) is 18.3. The van der Waals surface area contributed by atoms with Gasteiger partial charge in [-0.25, -0.2) is 0 Å². The van der Waals surface area contributed by atoms with Crippen LogP contribution in [0.5, 0.6) is 0 Å². The van der Waals surface area contributed by atoms with Crippen molar-refractivity contribution in [1.29, 1.82) is 0 Å².